The van der Waals surface area contributed by atoms with Gasteiger partial charge in [-0.1, -0.05) is 140 Å². The molecule has 0 saturated carbocycles. The Morgan fingerprint density at radius 2 is 1.04 bits per heavy atom. The van der Waals surface area contributed by atoms with Gasteiger partial charge in [0, 0.05) is 42.0 Å². The van der Waals surface area contributed by atoms with Crippen molar-refractivity contribution >= 4 is 102 Å². The molecule has 52 heavy (non-hydrogen) atoms. The van der Waals surface area contributed by atoms with Crippen LogP contribution >= 0.6 is 22.7 Å². The molecule has 8 aromatic carbocycles. The maximum absolute atomic E-state index is 6.82. The first-order chi connectivity index (χ1) is 25.8. The van der Waals surface area contributed by atoms with Crippen molar-refractivity contribution in [3.8, 4) is 22.3 Å². The van der Waals surface area contributed by atoms with E-state index in [-0.39, 0.29) is 0 Å². The van der Waals surface area contributed by atoms with E-state index in [1.807, 2.05) is 22.7 Å². The normalized spacial score (nSPS) is 11.8. The summed E-state index contributed by atoms with van der Waals surface area (Å²) in [4.78, 5) is 2.48. The predicted molar refractivity (Wildman–Crippen MR) is 225 cm³/mol. The molecule has 0 radical (unpaired) electrons. The van der Waals surface area contributed by atoms with Gasteiger partial charge in [0.2, 0.25) is 0 Å². The first-order valence-corrected chi connectivity index (χ1v) is 19.1. The summed E-state index contributed by atoms with van der Waals surface area (Å²) in [5.41, 5.74) is 10.1. The number of furan rings is 1. The van der Waals surface area contributed by atoms with Crippen molar-refractivity contribution in [1.29, 1.82) is 0 Å². The van der Waals surface area contributed by atoms with Crippen LogP contribution < -0.4 is 4.90 Å². The summed E-state index contributed by atoms with van der Waals surface area (Å²) in [6, 6.07) is 63.5. The Bertz CT molecular complexity index is 3120. The molecule has 0 atom stereocenters. The maximum Gasteiger partial charge on any atom is 0.155 e. The fourth-order valence-electron chi connectivity index (χ4n) is 7.89. The predicted octanol–water partition coefficient (Wildman–Crippen LogP) is 15.1. The minimum atomic E-state index is 0.899. The zero-order valence-corrected chi connectivity index (χ0v) is 29.5. The highest BCUT2D eigenvalue weighted by Gasteiger charge is 2.26. The fraction of sp³-hybridized carbons (Fsp3) is 0. The number of benzene rings is 8. The molecule has 3 aromatic heterocycles. The molecular weight excluding hydrogens is 671 g/mol. The number of fused-ring (bicyclic) bond motifs is 10. The molecule has 0 fully saturated rings. The molecule has 2 nitrogen and oxygen atoms in total. The molecule has 244 valence electrons. The number of para-hydroxylation sites is 1. The number of thiophene rings is 2. The van der Waals surface area contributed by atoms with Crippen LogP contribution in [-0.4, -0.2) is 0 Å². The topological polar surface area (TPSA) is 16.4 Å². The van der Waals surface area contributed by atoms with Crippen molar-refractivity contribution in [1.82, 2.24) is 0 Å². The zero-order chi connectivity index (χ0) is 34.2. The van der Waals surface area contributed by atoms with Gasteiger partial charge >= 0.3 is 0 Å². The second-order valence-electron chi connectivity index (χ2n) is 13.2. The van der Waals surface area contributed by atoms with Gasteiger partial charge in [-0.3, -0.25) is 0 Å². The average molecular weight is 700 g/mol. The van der Waals surface area contributed by atoms with Crippen molar-refractivity contribution in [3.63, 3.8) is 0 Å². The minimum absolute atomic E-state index is 0.899. The molecule has 0 aliphatic rings. The Hall–Kier alpha value is -6.20. The number of nitrogens with zero attached hydrogens (tertiary/aromatic N) is 1. The lowest BCUT2D eigenvalue weighted by molar-refractivity contribution is 0.673. The number of hydrogen-bond acceptors (Lipinski definition) is 4. The van der Waals surface area contributed by atoms with Crippen molar-refractivity contribution < 1.29 is 4.42 Å². The molecule has 0 spiro atoms. The quantitative estimate of drug-likeness (QED) is 0.178. The second-order valence-corrected chi connectivity index (χ2v) is 15.3. The van der Waals surface area contributed by atoms with Gasteiger partial charge in [-0.2, -0.15) is 0 Å². The van der Waals surface area contributed by atoms with Crippen LogP contribution in [0.2, 0.25) is 0 Å². The molecule has 0 aliphatic carbocycles. The first kappa shape index (κ1) is 29.5. The minimum Gasteiger partial charge on any atom is -0.454 e. The van der Waals surface area contributed by atoms with Crippen LogP contribution in [0.25, 0.3) is 84.5 Å². The number of rotatable bonds is 5. The third-order valence-electron chi connectivity index (χ3n) is 10.3. The second kappa shape index (κ2) is 11.7. The highest BCUT2D eigenvalue weighted by atomic mass is 32.1. The smallest absolute Gasteiger partial charge is 0.155 e. The SMILES string of the molecule is c1ccc(-c2ccc(N(c3cccc4c3sc3c(-c5ccccc5)cccc34)c3cc4c5ccccc5sc4c4oc5ccccc5c34)cc2)cc1. The Kier molecular flexibility index (Phi) is 6.63. The van der Waals surface area contributed by atoms with Crippen LogP contribution in [0, 0.1) is 0 Å². The third kappa shape index (κ3) is 4.48. The zero-order valence-electron chi connectivity index (χ0n) is 27.9. The van der Waals surface area contributed by atoms with Crippen LogP contribution in [-0.2, 0) is 0 Å². The average Bonchev–Trinajstić information content (AvgIpc) is 3.91. The monoisotopic (exact) mass is 699 g/mol. The van der Waals surface area contributed by atoms with Gasteiger partial charge in [0.25, 0.3) is 0 Å². The van der Waals surface area contributed by atoms with Crippen LogP contribution in [0.15, 0.2) is 180 Å². The Balaban J connectivity index is 1.25. The summed E-state index contributed by atoms with van der Waals surface area (Å²) >= 11 is 3.70. The van der Waals surface area contributed by atoms with Crippen LogP contribution in [0.3, 0.4) is 0 Å². The lowest BCUT2D eigenvalue weighted by Gasteiger charge is -2.27. The summed E-state index contributed by atoms with van der Waals surface area (Å²) in [7, 11) is 0. The van der Waals surface area contributed by atoms with E-state index in [2.05, 4.69) is 181 Å². The van der Waals surface area contributed by atoms with Crippen LogP contribution in [0.1, 0.15) is 0 Å². The molecule has 0 saturated heterocycles. The van der Waals surface area contributed by atoms with Gasteiger partial charge < -0.3 is 9.32 Å². The lowest BCUT2D eigenvalue weighted by atomic mass is 10.0. The Morgan fingerprint density at radius 1 is 0.404 bits per heavy atom. The van der Waals surface area contributed by atoms with Gasteiger partial charge in [-0.15, -0.1) is 22.7 Å². The number of hydrogen-bond donors (Lipinski definition) is 0. The van der Waals surface area contributed by atoms with E-state index in [9.17, 15) is 0 Å². The van der Waals surface area contributed by atoms with Gasteiger partial charge in [-0.05, 0) is 58.7 Å². The van der Waals surface area contributed by atoms with E-state index in [0.29, 0.717) is 0 Å². The molecule has 4 heteroatoms. The molecule has 11 rings (SSSR count). The molecule has 0 amide bonds. The van der Waals surface area contributed by atoms with Crippen LogP contribution in [0.5, 0.6) is 0 Å². The first-order valence-electron chi connectivity index (χ1n) is 17.5. The summed E-state index contributed by atoms with van der Waals surface area (Å²) in [5, 5.41) is 7.25. The molecule has 0 bridgehead atoms. The van der Waals surface area contributed by atoms with E-state index >= 15 is 0 Å². The van der Waals surface area contributed by atoms with Gasteiger partial charge in [0.1, 0.15) is 5.58 Å². The molecule has 0 aliphatic heterocycles. The van der Waals surface area contributed by atoms with E-state index in [4.69, 9.17) is 4.42 Å². The molecule has 0 N–H and O–H groups in total. The third-order valence-corrected chi connectivity index (χ3v) is 12.7. The highest BCUT2D eigenvalue weighted by molar-refractivity contribution is 7.27. The van der Waals surface area contributed by atoms with Crippen molar-refractivity contribution in [2.75, 3.05) is 4.90 Å². The Morgan fingerprint density at radius 3 is 1.85 bits per heavy atom. The summed E-state index contributed by atoms with van der Waals surface area (Å²) in [6.45, 7) is 0. The molecule has 0 unspecified atom stereocenters. The fourth-order valence-corrected chi connectivity index (χ4v) is 10.4. The number of anilines is 3. The maximum atomic E-state index is 6.82. The highest BCUT2D eigenvalue weighted by Crippen LogP contribution is 2.52. The standard InChI is InChI=1S/C48H29NOS2/c1-3-13-30(14-4-1)31-25-27-33(28-26-31)49(40-22-12-21-37-36-20-11-19-34(46(36)52-47(37)40)32-15-5-2-6-16-32)41-29-39-35-17-8-10-24-43(35)51-48(39)45-44(41)38-18-7-9-23-42(38)50-45/h1-29H. The van der Waals surface area contributed by atoms with Crippen molar-refractivity contribution in [3.05, 3.63) is 176 Å². The van der Waals surface area contributed by atoms with Crippen molar-refractivity contribution in [2.45, 2.75) is 0 Å². The van der Waals surface area contributed by atoms with E-state index in [0.717, 1.165) is 39.0 Å². The summed E-state index contributed by atoms with van der Waals surface area (Å²) < 4.78 is 11.8. The van der Waals surface area contributed by atoms with E-state index in [1.54, 1.807) is 0 Å². The molecular formula is C48H29NOS2. The largest absolute Gasteiger partial charge is 0.454 e. The van der Waals surface area contributed by atoms with E-state index < -0.39 is 0 Å². The molecule has 3 heterocycles. The van der Waals surface area contributed by atoms with Gasteiger partial charge in [0.15, 0.2) is 5.58 Å². The van der Waals surface area contributed by atoms with Gasteiger partial charge in [-0.25, -0.2) is 0 Å². The molecule has 11 aromatic rings. The summed E-state index contributed by atoms with van der Waals surface area (Å²) in [5.74, 6) is 0. The van der Waals surface area contributed by atoms with Crippen LogP contribution in [0.4, 0.5) is 17.1 Å². The van der Waals surface area contributed by atoms with Crippen molar-refractivity contribution in [2.24, 2.45) is 0 Å². The summed E-state index contributed by atoms with van der Waals surface area (Å²) in [6.07, 6.45) is 0. The van der Waals surface area contributed by atoms with Gasteiger partial charge in [0.05, 0.1) is 26.2 Å². The lowest BCUT2D eigenvalue weighted by Crippen LogP contribution is -2.10. The Labute approximate surface area is 308 Å². The van der Waals surface area contributed by atoms with E-state index in [1.165, 1.54) is 62.6 Å².